The average Bonchev–Trinajstić information content (AvgIpc) is 3.13. The molecule has 0 aliphatic heterocycles. The lowest BCUT2D eigenvalue weighted by Gasteiger charge is -2.07. The van der Waals surface area contributed by atoms with Crippen LogP contribution in [0.25, 0.3) is 10.9 Å². The first kappa shape index (κ1) is 10.1. The van der Waals surface area contributed by atoms with Crippen molar-refractivity contribution < 1.29 is 0 Å². The molecule has 16 heavy (non-hydrogen) atoms. The van der Waals surface area contributed by atoms with Gasteiger partial charge >= 0.3 is 0 Å². The number of rotatable bonds is 3. The largest absolute Gasteiger partial charge is 0.310 e. The van der Waals surface area contributed by atoms with E-state index in [1.54, 1.807) is 0 Å². The summed E-state index contributed by atoms with van der Waals surface area (Å²) >= 11 is 6.14. The highest BCUT2D eigenvalue weighted by Gasteiger charge is 2.20. The Balaban J connectivity index is 1.99. The van der Waals surface area contributed by atoms with Gasteiger partial charge in [-0.2, -0.15) is 0 Å². The van der Waals surface area contributed by atoms with Crippen LogP contribution in [0.15, 0.2) is 30.5 Å². The Bertz CT molecular complexity index is 520. The first-order valence-electron chi connectivity index (χ1n) is 5.60. The smallest absolute Gasteiger partial charge is 0.0761 e. The molecular weight excluding hydrogens is 220 g/mol. The van der Waals surface area contributed by atoms with Crippen molar-refractivity contribution in [2.24, 2.45) is 0 Å². The van der Waals surface area contributed by atoms with Crippen LogP contribution in [0.4, 0.5) is 0 Å². The predicted octanol–water partition coefficient (Wildman–Crippen LogP) is 3.14. The molecule has 2 nitrogen and oxygen atoms in total. The molecule has 82 valence electrons. The van der Waals surface area contributed by atoms with Gasteiger partial charge in [-0.3, -0.25) is 4.98 Å². The zero-order valence-corrected chi connectivity index (χ0v) is 9.67. The molecular formula is C13H13ClN2. The summed E-state index contributed by atoms with van der Waals surface area (Å²) in [7, 11) is 0. The maximum atomic E-state index is 6.14. The Morgan fingerprint density at radius 1 is 1.31 bits per heavy atom. The average molecular weight is 233 g/mol. The molecule has 0 amide bonds. The Labute approximate surface area is 99.6 Å². The number of hydrogen-bond donors (Lipinski definition) is 1. The Kier molecular flexibility index (Phi) is 2.54. The zero-order valence-electron chi connectivity index (χ0n) is 8.91. The van der Waals surface area contributed by atoms with Gasteiger partial charge < -0.3 is 5.32 Å². The molecule has 3 rings (SSSR count). The second-order valence-electron chi connectivity index (χ2n) is 4.26. The van der Waals surface area contributed by atoms with Gasteiger partial charge in [0.1, 0.15) is 0 Å². The Hall–Kier alpha value is -1.12. The highest BCUT2D eigenvalue weighted by molar-refractivity contribution is 6.35. The highest BCUT2D eigenvalue weighted by Crippen LogP contribution is 2.26. The van der Waals surface area contributed by atoms with Crippen LogP contribution < -0.4 is 5.32 Å². The lowest BCUT2D eigenvalue weighted by molar-refractivity contribution is 0.690. The number of benzene rings is 1. The van der Waals surface area contributed by atoms with Gasteiger partial charge in [0, 0.05) is 29.2 Å². The molecule has 1 aliphatic carbocycles. The molecule has 1 aromatic heterocycles. The number of nitrogens with one attached hydrogen (secondary N) is 1. The van der Waals surface area contributed by atoms with E-state index in [0.717, 1.165) is 28.5 Å². The van der Waals surface area contributed by atoms with E-state index in [-0.39, 0.29) is 0 Å². The standard InChI is InChI=1S/C13H13ClN2/c14-12-6-3-9(8-16-10-4-5-10)13-11(12)2-1-7-15-13/h1-3,6-7,10,16H,4-5,8H2. The van der Waals surface area contributed by atoms with Crippen LogP contribution in [-0.4, -0.2) is 11.0 Å². The van der Waals surface area contributed by atoms with Gasteiger partial charge in [0.05, 0.1) is 5.52 Å². The van der Waals surface area contributed by atoms with E-state index in [4.69, 9.17) is 11.6 Å². The van der Waals surface area contributed by atoms with Crippen molar-refractivity contribution in [3.63, 3.8) is 0 Å². The van der Waals surface area contributed by atoms with Gasteiger partial charge in [-0.25, -0.2) is 0 Å². The molecule has 0 atom stereocenters. The third kappa shape index (κ3) is 1.91. The minimum absolute atomic E-state index is 0.717. The van der Waals surface area contributed by atoms with Crippen molar-refractivity contribution in [2.75, 3.05) is 0 Å². The number of pyridine rings is 1. The zero-order chi connectivity index (χ0) is 11.0. The van der Waals surface area contributed by atoms with Crippen molar-refractivity contribution >= 4 is 22.5 Å². The summed E-state index contributed by atoms with van der Waals surface area (Å²) in [5, 5.41) is 5.32. The lowest BCUT2D eigenvalue weighted by Crippen LogP contribution is -2.15. The predicted molar refractivity (Wildman–Crippen MR) is 66.6 cm³/mol. The van der Waals surface area contributed by atoms with Crippen LogP contribution in [0.2, 0.25) is 5.02 Å². The van der Waals surface area contributed by atoms with E-state index in [9.17, 15) is 0 Å². The van der Waals surface area contributed by atoms with E-state index >= 15 is 0 Å². The number of aromatic nitrogens is 1. The first-order valence-corrected chi connectivity index (χ1v) is 5.98. The molecule has 0 saturated heterocycles. The Morgan fingerprint density at radius 2 is 2.19 bits per heavy atom. The van der Waals surface area contributed by atoms with E-state index < -0.39 is 0 Å². The van der Waals surface area contributed by atoms with Crippen LogP contribution >= 0.6 is 11.6 Å². The summed E-state index contributed by atoms with van der Waals surface area (Å²) < 4.78 is 0. The van der Waals surface area contributed by atoms with Gasteiger partial charge in [0.2, 0.25) is 0 Å². The minimum Gasteiger partial charge on any atom is -0.310 e. The van der Waals surface area contributed by atoms with E-state index in [1.807, 2.05) is 24.4 Å². The third-order valence-corrected chi connectivity index (χ3v) is 3.29. The Morgan fingerprint density at radius 3 is 3.00 bits per heavy atom. The monoisotopic (exact) mass is 232 g/mol. The number of nitrogens with zero attached hydrogens (tertiary/aromatic N) is 1. The second kappa shape index (κ2) is 4.04. The van der Waals surface area contributed by atoms with E-state index in [0.29, 0.717) is 0 Å². The number of hydrogen-bond acceptors (Lipinski definition) is 2. The van der Waals surface area contributed by atoms with Crippen LogP contribution in [0, 0.1) is 0 Å². The van der Waals surface area contributed by atoms with Crippen LogP contribution in [-0.2, 0) is 6.54 Å². The van der Waals surface area contributed by atoms with Gasteiger partial charge in [-0.05, 0) is 36.6 Å². The van der Waals surface area contributed by atoms with Gasteiger partial charge in [0.15, 0.2) is 0 Å². The summed E-state index contributed by atoms with van der Waals surface area (Å²) in [6.07, 6.45) is 4.43. The molecule has 1 heterocycles. The summed E-state index contributed by atoms with van der Waals surface area (Å²) in [6, 6.07) is 8.68. The van der Waals surface area contributed by atoms with Crippen molar-refractivity contribution in [1.29, 1.82) is 0 Å². The summed E-state index contributed by atoms with van der Waals surface area (Å²) in [4.78, 5) is 4.42. The maximum absolute atomic E-state index is 6.14. The molecule has 0 spiro atoms. The molecule has 1 aliphatic rings. The van der Waals surface area contributed by atoms with Gasteiger partial charge in [-0.1, -0.05) is 17.7 Å². The van der Waals surface area contributed by atoms with Crippen molar-refractivity contribution in [2.45, 2.75) is 25.4 Å². The molecule has 1 saturated carbocycles. The summed E-state index contributed by atoms with van der Waals surface area (Å²) in [5.41, 5.74) is 2.25. The molecule has 0 radical (unpaired) electrons. The van der Waals surface area contributed by atoms with E-state index in [2.05, 4.69) is 16.4 Å². The first-order chi connectivity index (χ1) is 7.84. The molecule has 1 N–H and O–H groups in total. The fourth-order valence-electron chi connectivity index (χ4n) is 1.88. The fourth-order valence-corrected chi connectivity index (χ4v) is 2.10. The van der Waals surface area contributed by atoms with E-state index in [1.165, 1.54) is 18.4 Å². The fraction of sp³-hybridized carbons (Fsp3) is 0.308. The van der Waals surface area contributed by atoms with Gasteiger partial charge in [-0.15, -0.1) is 0 Å². The third-order valence-electron chi connectivity index (χ3n) is 2.96. The number of halogens is 1. The van der Waals surface area contributed by atoms with Crippen molar-refractivity contribution in [1.82, 2.24) is 10.3 Å². The van der Waals surface area contributed by atoms with Crippen LogP contribution in [0.3, 0.4) is 0 Å². The SMILES string of the molecule is Clc1ccc(CNC2CC2)c2ncccc12. The normalized spacial score (nSPS) is 15.6. The van der Waals surface area contributed by atoms with Crippen molar-refractivity contribution in [3.8, 4) is 0 Å². The minimum atomic E-state index is 0.717. The molecule has 0 bridgehead atoms. The molecule has 1 aromatic carbocycles. The molecule has 2 aromatic rings. The second-order valence-corrected chi connectivity index (χ2v) is 4.67. The number of fused-ring (bicyclic) bond motifs is 1. The highest BCUT2D eigenvalue weighted by atomic mass is 35.5. The van der Waals surface area contributed by atoms with Crippen molar-refractivity contribution in [3.05, 3.63) is 41.0 Å². The quantitative estimate of drug-likeness (QED) is 0.880. The molecule has 1 fully saturated rings. The summed E-state index contributed by atoms with van der Waals surface area (Å²) in [6.45, 7) is 0.884. The molecule has 0 unspecified atom stereocenters. The lowest BCUT2D eigenvalue weighted by atomic mass is 10.1. The summed E-state index contributed by atoms with van der Waals surface area (Å²) in [5.74, 6) is 0. The van der Waals surface area contributed by atoms with Gasteiger partial charge in [0.25, 0.3) is 0 Å². The maximum Gasteiger partial charge on any atom is 0.0761 e. The van der Waals surface area contributed by atoms with Crippen LogP contribution in [0.5, 0.6) is 0 Å². The topological polar surface area (TPSA) is 24.9 Å². The van der Waals surface area contributed by atoms with Crippen LogP contribution in [0.1, 0.15) is 18.4 Å². The molecule has 3 heteroatoms.